The Morgan fingerprint density at radius 2 is 2.31 bits per heavy atom. The third kappa shape index (κ3) is 3.32. The van der Waals surface area contributed by atoms with Crippen molar-refractivity contribution in [3.8, 4) is 0 Å². The first-order valence-electron chi connectivity index (χ1n) is 4.63. The van der Waals surface area contributed by atoms with Crippen LogP contribution in [0.4, 0.5) is 0 Å². The van der Waals surface area contributed by atoms with E-state index in [2.05, 4.69) is 16.9 Å². The molecule has 0 unspecified atom stereocenters. The van der Waals surface area contributed by atoms with E-state index in [0.717, 1.165) is 19.3 Å². The number of hydrogen-bond donors (Lipinski definition) is 0. The maximum atomic E-state index is 11.4. The fourth-order valence-corrected chi connectivity index (χ4v) is 1.12. The van der Waals surface area contributed by atoms with Crippen LogP contribution in [0.1, 0.15) is 43.1 Å². The molecule has 0 aromatic carbocycles. The molecule has 0 atom stereocenters. The molecule has 70 valence electrons. The molecular weight excluding hydrogens is 164 g/mol. The maximum Gasteiger partial charge on any atom is 0.181 e. The molecule has 0 N–H and O–H groups in total. The smallest absolute Gasteiger partial charge is 0.181 e. The first kappa shape index (κ1) is 9.84. The second-order valence-electron chi connectivity index (χ2n) is 2.97. The van der Waals surface area contributed by atoms with E-state index in [9.17, 15) is 4.79 Å². The van der Waals surface area contributed by atoms with E-state index in [1.807, 2.05) is 0 Å². The lowest BCUT2D eigenvalue weighted by atomic mass is 10.1. The van der Waals surface area contributed by atoms with Crippen molar-refractivity contribution < 1.29 is 4.79 Å². The SMILES string of the molecule is CCCCCC(=O)c1ccncn1. The van der Waals surface area contributed by atoms with Crippen LogP contribution in [0.5, 0.6) is 0 Å². The van der Waals surface area contributed by atoms with Crippen LogP contribution in [0.25, 0.3) is 0 Å². The normalized spacial score (nSPS) is 9.92. The molecular formula is C10H14N2O. The number of Topliss-reactive ketones (excluding diaryl/α,β-unsaturated/α-hetero) is 1. The van der Waals surface area contributed by atoms with Crippen molar-refractivity contribution >= 4 is 5.78 Å². The van der Waals surface area contributed by atoms with Crippen molar-refractivity contribution in [2.75, 3.05) is 0 Å². The Hall–Kier alpha value is -1.25. The number of aromatic nitrogens is 2. The van der Waals surface area contributed by atoms with Gasteiger partial charge < -0.3 is 0 Å². The Bertz CT molecular complexity index is 259. The van der Waals surface area contributed by atoms with Gasteiger partial charge >= 0.3 is 0 Å². The predicted octanol–water partition coefficient (Wildman–Crippen LogP) is 2.24. The minimum atomic E-state index is 0.121. The van der Waals surface area contributed by atoms with Crippen molar-refractivity contribution in [3.05, 3.63) is 24.3 Å². The lowest BCUT2D eigenvalue weighted by Gasteiger charge is -1.97. The third-order valence-corrected chi connectivity index (χ3v) is 1.88. The topological polar surface area (TPSA) is 42.9 Å². The van der Waals surface area contributed by atoms with Crippen LogP contribution in [-0.4, -0.2) is 15.8 Å². The van der Waals surface area contributed by atoms with Gasteiger partial charge in [0.25, 0.3) is 0 Å². The van der Waals surface area contributed by atoms with Gasteiger partial charge in [0.2, 0.25) is 0 Å². The van der Waals surface area contributed by atoms with Gasteiger partial charge in [-0.25, -0.2) is 9.97 Å². The summed E-state index contributed by atoms with van der Waals surface area (Å²) in [5.74, 6) is 0.121. The molecule has 13 heavy (non-hydrogen) atoms. The lowest BCUT2D eigenvalue weighted by molar-refractivity contribution is 0.0974. The number of hydrogen-bond acceptors (Lipinski definition) is 3. The van der Waals surface area contributed by atoms with Crippen LogP contribution in [0.2, 0.25) is 0 Å². The molecule has 0 aliphatic carbocycles. The van der Waals surface area contributed by atoms with Gasteiger partial charge in [-0.2, -0.15) is 0 Å². The van der Waals surface area contributed by atoms with E-state index in [4.69, 9.17) is 0 Å². The zero-order valence-electron chi connectivity index (χ0n) is 7.86. The minimum absolute atomic E-state index is 0.121. The average molecular weight is 178 g/mol. The largest absolute Gasteiger partial charge is 0.292 e. The Morgan fingerprint density at radius 1 is 1.46 bits per heavy atom. The van der Waals surface area contributed by atoms with Crippen LogP contribution in [0.15, 0.2) is 18.6 Å². The van der Waals surface area contributed by atoms with E-state index < -0.39 is 0 Å². The highest BCUT2D eigenvalue weighted by molar-refractivity contribution is 5.93. The fraction of sp³-hybridized carbons (Fsp3) is 0.500. The number of ketones is 1. The molecule has 1 aromatic rings. The van der Waals surface area contributed by atoms with Gasteiger partial charge in [-0.05, 0) is 12.5 Å². The molecule has 3 heteroatoms. The zero-order valence-corrected chi connectivity index (χ0v) is 7.86. The van der Waals surface area contributed by atoms with Gasteiger partial charge in [-0.15, -0.1) is 0 Å². The maximum absolute atomic E-state index is 11.4. The standard InChI is InChI=1S/C10H14N2O/c1-2-3-4-5-10(13)9-6-7-11-8-12-9/h6-8H,2-5H2,1H3. The summed E-state index contributed by atoms with van der Waals surface area (Å²) in [5.41, 5.74) is 0.533. The van der Waals surface area contributed by atoms with Gasteiger partial charge in [-0.1, -0.05) is 19.8 Å². The summed E-state index contributed by atoms with van der Waals surface area (Å²) in [6.45, 7) is 2.12. The van der Waals surface area contributed by atoms with Crippen molar-refractivity contribution in [1.29, 1.82) is 0 Å². The Labute approximate surface area is 78.2 Å². The molecule has 0 fully saturated rings. The molecule has 0 amide bonds. The molecule has 0 aliphatic heterocycles. The monoisotopic (exact) mass is 178 g/mol. The first-order valence-corrected chi connectivity index (χ1v) is 4.63. The molecule has 0 aliphatic rings. The third-order valence-electron chi connectivity index (χ3n) is 1.88. The van der Waals surface area contributed by atoms with Crippen LogP contribution in [-0.2, 0) is 0 Å². The number of unbranched alkanes of at least 4 members (excludes halogenated alkanes) is 2. The number of nitrogens with zero attached hydrogens (tertiary/aromatic N) is 2. The lowest BCUT2D eigenvalue weighted by Crippen LogP contribution is -2.01. The summed E-state index contributed by atoms with van der Waals surface area (Å²) in [6.07, 6.45) is 6.81. The summed E-state index contributed by atoms with van der Waals surface area (Å²) in [7, 11) is 0. The Kier molecular flexibility index (Phi) is 4.09. The highest BCUT2D eigenvalue weighted by atomic mass is 16.1. The van der Waals surface area contributed by atoms with Gasteiger partial charge in [-0.3, -0.25) is 4.79 Å². The highest BCUT2D eigenvalue weighted by Gasteiger charge is 2.04. The van der Waals surface area contributed by atoms with Gasteiger partial charge in [0.05, 0.1) is 0 Å². The van der Waals surface area contributed by atoms with Crippen molar-refractivity contribution in [3.63, 3.8) is 0 Å². The fourth-order valence-electron chi connectivity index (χ4n) is 1.12. The van der Waals surface area contributed by atoms with E-state index in [1.54, 1.807) is 12.3 Å². The van der Waals surface area contributed by atoms with E-state index in [0.29, 0.717) is 12.1 Å². The van der Waals surface area contributed by atoms with Gasteiger partial charge in [0, 0.05) is 12.6 Å². The molecule has 0 radical (unpaired) electrons. The molecule has 1 rings (SSSR count). The predicted molar refractivity (Wildman–Crippen MR) is 50.5 cm³/mol. The van der Waals surface area contributed by atoms with Crippen LogP contribution in [0, 0.1) is 0 Å². The van der Waals surface area contributed by atoms with Crippen molar-refractivity contribution in [2.24, 2.45) is 0 Å². The zero-order chi connectivity index (χ0) is 9.52. The summed E-state index contributed by atoms with van der Waals surface area (Å²) in [5, 5.41) is 0. The average Bonchev–Trinajstić information content (AvgIpc) is 2.19. The van der Waals surface area contributed by atoms with E-state index >= 15 is 0 Å². The second kappa shape index (κ2) is 5.41. The summed E-state index contributed by atoms with van der Waals surface area (Å²) in [4.78, 5) is 19.1. The highest BCUT2D eigenvalue weighted by Crippen LogP contribution is 2.04. The van der Waals surface area contributed by atoms with Crippen molar-refractivity contribution in [1.82, 2.24) is 9.97 Å². The van der Waals surface area contributed by atoms with Gasteiger partial charge in [0.1, 0.15) is 12.0 Å². The molecule has 0 bridgehead atoms. The summed E-state index contributed by atoms with van der Waals surface area (Å²) < 4.78 is 0. The van der Waals surface area contributed by atoms with E-state index in [1.165, 1.54) is 6.33 Å². The molecule has 1 heterocycles. The molecule has 0 spiro atoms. The molecule has 0 saturated heterocycles. The van der Waals surface area contributed by atoms with Crippen LogP contribution in [0.3, 0.4) is 0 Å². The molecule has 1 aromatic heterocycles. The number of rotatable bonds is 5. The van der Waals surface area contributed by atoms with Crippen LogP contribution >= 0.6 is 0 Å². The minimum Gasteiger partial charge on any atom is -0.292 e. The first-order chi connectivity index (χ1) is 6.34. The summed E-state index contributed by atoms with van der Waals surface area (Å²) in [6, 6.07) is 1.66. The number of carbonyl (C=O) groups excluding carboxylic acids is 1. The van der Waals surface area contributed by atoms with Gasteiger partial charge in [0.15, 0.2) is 5.78 Å². The molecule has 0 saturated carbocycles. The van der Waals surface area contributed by atoms with E-state index in [-0.39, 0.29) is 5.78 Å². The van der Waals surface area contributed by atoms with Crippen molar-refractivity contribution in [2.45, 2.75) is 32.6 Å². The number of carbonyl (C=O) groups is 1. The quantitative estimate of drug-likeness (QED) is 0.513. The second-order valence-corrected chi connectivity index (χ2v) is 2.97. The Morgan fingerprint density at radius 3 is 2.92 bits per heavy atom. The Balaban J connectivity index is 2.40. The summed E-state index contributed by atoms with van der Waals surface area (Å²) >= 11 is 0. The molecule has 3 nitrogen and oxygen atoms in total. The van der Waals surface area contributed by atoms with Crippen LogP contribution < -0.4 is 0 Å².